The van der Waals surface area contributed by atoms with E-state index in [9.17, 15) is 9.59 Å². The molecule has 0 bridgehead atoms. The predicted molar refractivity (Wildman–Crippen MR) is 121 cm³/mol. The Bertz CT molecular complexity index is 729. The van der Waals surface area contributed by atoms with Gasteiger partial charge in [0, 0.05) is 18.8 Å². The number of fused-ring (bicyclic) bond motifs is 5. The zero-order valence-corrected chi connectivity index (χ0v) is 20.2. The maximum Gasteiger partial charge on any atom is 0.305 e. The van der Waals surface area contributed by atoms with Crippen LogP contribution in [0.1, 0.15) is 85.5 Å². The van der Waals surface area contributed by atoms with Crippen LogP contribution in [-0.2, 0) is 19.1 Å². The highest BCUT2D eigenvalue weighted by molar-refractivity contribution is 5.69. The highest BCUT2D eigenvalue weighted by Crippen LogP contribution is 2.68. The summed E-state index contributed by atoms with van der Waals surface area (Å²) in [7, 11) is 1.47. The largest absolute Gasteiger partial charge is 0.469 e. The average molecular weight is 431 g/mol. The van der Waals surface area contributed by atoms with Gasteiger partial charge in [0.05, 0.1) is 7.11 Å². The molecule has 3 fully saturated rings. The van der Waals surface area contributed by atoms with Crippen molar-refractivity contribution >= 4 is 11.9 Å². The van der Waals surface area contributed by atoms with E-state index >= 15 is 0 Å². The molecule has 0 aliphatic heterocycles. The molecule has 0 N–H and O–H groups in total. The van der Waals surface area contributed by atoms with Gasteiger partial charge in [-0.25, -0.2) is 0 Å². The molecule has 9 unspecified atom stereocenters. The van der Waals surface area contributed by atoms with Crippen LogP contribution in [0.3, 0.4) is 0 Å². The maximum atomic E-state index is 12.2. The standard InChI is InChI=1S/C27H42O4/c1-17(9-14-25(29)30-5)21-12-13-22-20-11-10-19-8-6-7-15-26(19,3)23(20)16-24(27(21,22)4)31-18(2)28/h6,8,17,19-24H,7,9-16H2,1-5H3. The van der Waals surface area contributed by atoms with E-state index in [4.69, 9.17) is 9.47 Å². The Balaban J connectivity index is 1.63. The molecule has 4 heteroatoms. The van der Waals surface area contributed by atoms with E-state index in [-0.39, 0.29) is 23.5 Å². The second kappa shape index (κ2) is 8.56. The van der Waals surface area contributed by atoms with E-state index in [1.54, 1.807) is 6.92 Å². The van der Waals surface area contributed by atoms with Crippen LogP contribution >= 0.6 is 0 Å². The van der Waals surface area contributed by atoms with Gasteiger partial charge in [0.25, 0.3) is 0 Å². The lowest BCUT2D eigenvalue weighted by molar-refractivity contribution is -0.189. The van der Waals surface area contributed by atoms with Crippen molar-refractivity contribution in [2.24, 2.45) is 46.3 Å². The third-order valence-corrected chi connectivity index (χ3v) is 10.3. The molecule has 0 aromatic heterocycles. The van der Waals surface area contributed by atoms with Crippen molar-refractivity contribution in [3.8, 4) is 0 Å². The van der Waals surface area contributed by atoms with Crippen LogP contribution in [0.4, 0.5) is 0 Å². The van der Waals surface area contributed by atoms with Gasteiger partial charge in [-0.3, -0.25) is 9.59 Å². The van der Waals surface area contributed by atoms with Crippen molar-refractivity contribution in [2.45, 2.75) is 91.6 Å². The van der Waals surface area contributed by atoms with Crippen LogP contribution in [0.15, 0.2) is 12.2 Å². The highest BCUT2D eigenvalue weighted by atomic mass is 16.5. The van der Waals surface area contributed by atoms with Crippen molar-refractivity contribution < 1.29 is 19.1 Å². The Labute approximate surface area is 188 Å². The summed E-state index contributed by atoms with van der Waals surface area (Å²) in [4.78, 5) is 24.0. The summed E-state index contributed by atoms with van der Waals surface area (Å²) in [6, 6.07) is 0. The fourth-order valence-corrected chi connectivity index (χ4v) is 8.75. The number of hydrogen-bond donors (Lipinski definition) is 0. The van der Waals surface area contributed by atoms with E-state index in [0.29, 0.717) is 41.4 Å². The SMILES string of the molecule is COC(=O)CCC(C)C1CCC2C3CCC4C=CCCC4(C)C3CC(OC(C)=O)C12C. The Morgan fingerprint density at radius 2 is 1.90 bits per heavy atom. The molecule has 0 saturated heterocycles. The van der Waals surface area contributed by atoms with Gasteiger partial charge in [0.1, 0.15) is 6.10 Å². The number of hydrogen-bond acceptors (Lipinski definition) is 4. The fourth-order valence-electron chi connectivity index (χ4n) is 8.75. The van der Waals surface area contributed by atoms with Crippen LogP contribution in [0.2, 0.25) is 0 Å². The van der Waals surface area contributed by atoms with Crippen molar-refractivity contribution in [1.29, 1.82) is 0 Å². The van der Waals surface area contributed by atoms with Crippen molar-refractivity contribution in [3.05, 3.63) is 12.2 Å². The average Bonchev–Trinajstić information content (AvgIpc) is 3.10. The lowest BCUT2D eigenvalue weighted by atomic mass is 9.44. The first-order chi connectivity index (χ1) is 14.7. The van der Waals surface area contributed by atoms with Gasteiger partial charge in [0.2, 0.25) is 0 Å². The van der Waals surface area contributed by atoms with Crippen LogP contribution in [0.25, 0.3) is 0 Å². The van der Waals surface area contributed by atoms with Gasteiger partial charge in [-0.15, -0.1) is 0 Å². The normalized spacial score (nSPS) is 44.5. The Hall–Kier alpha value is -1.32. The zero-order valence-electron chi connectivity index (χ0n) is 20.2. The molecule has 174 valence electrons. The Kier molecular flexibility index (Phi) is 6.31. The molecule has 0 radical (unpaired) electrons. The van der Waals surface area contributed by atoms with Crippen molar-refractivity contribution in [3.63, 3.8) is 0 Å². The van der Waals surface area contributed by atoms with Gasteiger partial charge in [-0.1, -0.05) is 32.9 Å². The maximum absolute atomic E-state index is 12.2. The quantitative estimate of drug-likeness (QED) is 0.400. The van der Waals surface area contributed by atoms with Crippen LogP contribution < -0.4 is 0 Å². The van der Waals surface area contributed by atoms with E-state index in [1.807, 2.05) is 0 Å². The minimum Gasteiger partial charge on any atom is -0.469 e. The number of allylic oxidation sites excluding steroid dienone is 2. The summed E-state index contributed by atoms with van der Waals surface area (Å²) in [5, 5.41) is 0. The van der Waals surface area contributed by atoms with Gasteiger partial charge >= 0.3 is 11.9 Å². The second-order valence-electron chi connectivity index (χ2n) is 11.5. The summed E-state index contributed by atoms with van der Waals surface area (Å²) < 4.78 is 11.0. The van der Waals surface area contributed by atoms with Crippen LogP contribution in [0, 0.1) is 46.3 Å². The van der Waals surface area contributed by atoms with Gasteiger partial charge < -0.3 is 9.47 Å². The van der Waals surface area contributed by atoms with Crippen LogP contribution in [-0.4, -0.2) is 25.2 Å². The summed E-state index contributed by atoms with van der Waals surface area (Å²) in [5.74, 6) is 3.33. The first kappa shape index (κ1) is 22.9. The molecular formula is C27H42O4. The topological polar surface area (TPSA) is 52.6 Å². The van der Waals surface area contributed by atoms with E-state index < -0.39 is 0 Å². The number of carbonyl (C=O) groups excluding carboxylic acids is 2. The molecule has 9 atom stereocenters. The van der Waals surface area contributed by atoms with E-state index in [0.717, 1.165) is 18.8 Å². The molecule has 4 rings (SSSR count). The number of ether oxygens (including phenoxy) is 2. The zero-order chi connectivity index (χ0) is 22.4. The molecule has 0 aromatic rings. The Morgan fingerprint density at radius 3 is 2.61 bits per heavy atom. The molecule has 0 spiro atoms. The summed E-state index contributed by atoms with van der Waals surface area (Å²) >= 11 is 0. The fraction of sp³-hybridized carbons (Fsp3) is 0.852. The lowest BCUT2D eigenvalue weighted by Gasteiger charge is -2.61. The summed E-state index contributed by atoms with van der Waals surface area (Å²) in [6.45, 7) is 8.81. The number of esters is 2. The summed E-state index contributed by atoms with van der Waals surface area (Å²) in [5.41, 5.74) is 0.349. The first-order valence-corrected chi connectivity index (χ1v) is 12.6. The number of rotatable bonds is 5. The Morgan fingerprint density at radius 1 is 1.13 bits per heavy atom. The first-order valence-electron chi connectivity index (χ1n) is 12.6. The number of methoxy groups -OCH3 is 1. The summed E-state index contributed by atoms with van der Waals surface area (Å²) in [6.07, 6.45) is 14.7. The molecule has 3 saturated carbocycles. The third kappa shape index (κ3) is 3.76. The van der Waals surface area contributed by atoms with E-state index in [1.165, 1.54) is 45.6 Å². The molecule has 4 nitrogen and oxygen atoms in total. The monoisotopic (exact) mass is 430 g/mol. The van der Waals surface area contributed by atoms with Crippen LogP contribution in [0.5, 0.6) is 0 Å². The highest BCUT2D eigenvalue weighted by Gasteiger charge is 2.64. The molecule has 0 amide bonds. The van der Waals surface area contributed by atoms with Gasteiger partial charge in [-0.05, 0) is 92.3 Å². The molecule has 31 heavy (non-hydrogen) atoms. The predicted octanol–water partition coefficient (Wildman–Crippen LogP) is 5.94. The van der Waals surface area contributed by atoms with Crippen molar-refractivity contribution in [1.82, 2.24) is 0 Å². The number of carbonyl (C=O) groups is 2. The minimum absolute atomic E-state index is 0.00851. The molecular weight excluding hydrogens is 388 g/mol. The molecule has 0 aromatic carbocycles. The second-order valence-corrected chi connectivity index (χ2v) is 11.5. The third-order valence-electron chi connectivity index (χ3n) is 10.3. The lowest BCUT2D eigenvalue weighted by Crippen LogP contribution is -2.58. The molecule has 0 heterocycles. The molecule has 4 aliphatic carbocycles. The van der Waals surface area contributed by atoms with Gasteiger partial charge in [-0.2, -0.15) is 0 Å². The van der Waals surface area contributed by atoms with E-state index in [2.05, 4.69) is 32.9 Å². The van der Waals surface area contributed by atoms with Crippen molar-refractivity contribution in [2.75, 3.05) is 7.11 Å². The van der Waals surface area contributed by atoms with Gasteiger partial charge in [0.15, 0.2) is 0 Å². The minimum atomic E-state index is -0.141. The smallest absolute Gasteiger partial charge is 0.305 e. The molecule has 4 aliphatic rings.